The van der Waals surface area contributed by atoms with Crippen LogP contribution in [0.4, 0.5) is 5.69 Å². The van der Waals surface area contributed by atoms with Crippen LogP contribution in [0.3, 0.4) is 0 Å². The van der Waals surface area contributed by atoms with E-state index in [9.17, 15) is 4.79 Å². The van der Waals surface area contributed by atoms with Gasteiger partial charge in [0.25, 0.3) is 0 Å². The van der Waals surface area contributed by atoms with Gasteiger partial charge < -0.3 is 15.5 Å². The molecule has 0 saturated carbocycles. The Kier molecular flexibility index (Phi) is 8.17. The van der Waals surface area contributed by atoms with Gasteiger partial charge in [-0.05, 0) is 44.4 Å². The molecule has 1 aromatic carbocycles. The van der Waals surface area contributed by atoms with Crippen molar-refractivity contribution < 1.29 is 4.79 Å². The molecule has 2 N–H and O–H groups in total. The maximum absolute atomic E-state index is 12.2. The van der Waals surface area contributed by atoms with Gasteiger partial charge in [-0.25, -0.2) is 0 Å². The van der Waals surface area contributed by atoms with Gasteiger partial charge in [0.05, 0.1) is 5.92 Å². The highest BCUT2D eigenvalue weighted by Crippen LogP contribution is 2.28. The maximum atomic E-state index is 12.2. The standard InChI is InChI=1S/C17H25N3O.2ClH/c1-13(11-19-17(21)15-6-4-9-18-12-15)20-10-8-14-5-2-3-7-16(14)20;;/h2-3,5,7,13,15,18H,4,6,8-12H2,1H3,(H,19,21);2*1H. The van der Waals surface area contributed by atoms with E-state index >= 15 is 0 Å². The highest BCUT2D eigenvalue weighted by atomic mass is 35.5. The van der Waals surface area contributed by atoms with Crippen molar-refractivity contribution >= 4 is 36.4 Å². The molecule has 4 nitrogen and oxygen atoms in total. The summed E-state index contributed by atoms with van der Waals surface area (Å²) in [6, 6.07) is 8.93. The van der Waals surface area contributed by atoms with E-state index in [0.29, 0.717) is 6.04 Å². The molecule has 2 aliphatic rings. The summed E-state index contributed by atoms with van der Waals surface area (Å²) in [4.78, 5) is 14.6. The molecule has 1 fully saturated rings. The molecule has 2 unspecified atom stereocenters. The van der Waals surface area contributed by atoms with Crippen molar-refractivity contribution in [2.45, 2.75) is 32.2 Å². The van der Waals surface area contributed by atoms with Gasteiger partial charge in [-0.1, -0.05) is 18.2 Å². The van der Waals surface area contributed by atoms with Crippen LogP contribution in [0.2, 0.25) is 0 Å². The number of anilines is 1. The second kappa shape index (κ2) is 9.36. The normalized spacial score (nSPS) is 20.7. The highest BCUT2D eigenvalue weighted by molar-refractivity contribution is 5.85. The lowest BCUT2D eigenvalue weighted by molar-refractivity contribution is -0.125. The molecular weight excluding hydrogens is 333 g/mol. The Balaban J connectivity index is 0.00000132. The maximum Gasteiger partial charge on any atom is 0.224 e. The van der Waals surface area contributed by atoms with Crippen molar-refractivity contribution in [1.82, 2.24) is 10.6 Å². The number of carbonyl (C=O) groups excluding carboxylic acids is 1. The van der Waals surface area contributed by atoms with Crippen LogP contribution in [0.25, 0.3) is 0 Å². The molecule has 1 aromatic rings. The van der Waals surface area contributed by atoms with Gasteiger partial charge in [0.2, 0.25) is 5.91 Å². The van der Waals surface area contributed by atoms with Crippen LogP contribution in [-0.4, -0.2) is 38.1 Å². The number of rotatable bonds is 4. The summed E-state index contributed by atoms with van der Waals surface area (Å²) in [6.45, 7) is 5.85. The predicted molar refractivity (Wildman–Crippen MR) is 100 cm³/mol. The molecule has 0 bridgehead atoms. The second-order valence-corrected chi connectivity index (χ2v) is 6.21. The Labute approximate surface area is 151 Å². The van der Waals surface area contributed by atoms with Crippen LogP contribution in [0.1, 0.15) is 25.3 Å². The third-order valence-electron chi connectivity index (χ3n) is 4.69. The monoisotopic (exact) mass is 359 g/mol. The zero-order valence-electron chi connectivity index (χ0n) is 13.6. The van der Waals surface area contributed by atoms with Crippen molar-refractivity contribution in [3.05, 3.63) is 29.8 Å². The van der Waals surface area contributed by atoms with Crippen molar-refractivity contribution in [3.8, 4) is 0 Å². The lowest BCUT2D eigenvalue weighted by Gasteiger charge is -2.29. The van der Waals surface area contributed by atoms with Gasteiger partial charge >= 0.3 is 0 Å². The van der Waals surface area contributed by atoms with E-state index < -0.39 is 0 Å². The molecule has 0 radical (unpaired) electrons. The van der Waals surface area contributed by atoms with Gasteiger partial charge in [-0.15, -0.1) is 24.8 Å². The smallest absolute Gasteiger partial charge is 0.224 e. The molecule has 23 heavy (non-hydrogen) atoms. The quantitative estimate of drug-likeness (QED) is 0.867. The molecule has 0 aromatic heterocycles. The fraction of sp³-hybridized carbons (Fsp3) is 0.588. The van der Waals surface area contributed by atoms with E-state index in [-0.39, 0.29) is 36.6 Å². The molecular formula is C17H27Cl2N3O. The zero-order valence-corrected chi connectivity index (χ0v) is 15.2. The third-order valence-corrected chi connectivity index (χ3v) is 4.69. The fourth-order valence-corrected chi connectivity index (χ4v) is 3.40. The summed E-state index contributed by atoms with van der Waals surface area (Å²) in [6.07, 6.45) is 3.23. The fourth-order valence-electron chi connectivity index (χ4n) is 3.40. The van der Waals surface area contributed by atoms with Crippen molar-refractivity contribution in [2.75, 3.05) is 31.1 Å². The van der Waals surface area contributed by atoms with Gasteiger partial charge in [0.1, 0.15) is 0 Å². The van der Waals surface area contributed by atoms with E-state index in [1.165, 1.54) is 11.3 Å². The first kappa shape index (κ1) is 20.1. The van der Waals surface area contributed by atoms with E-state index in [0.717, 1.165) is 45.4 Å². The topological polar surface area (TPSA) is 44.4 Å². The van der Waals surface area contributed by atoms with Crippen LogP contribution in [0, 0.1) is 5.92 Å². The van der Waals surface area contributed by atoms with Crippen LogP contribution in [0.5, 0.6) is 0 Å². The lowest BCUT2D eigenvalue weighted by atomic mass is 9.99. The van der Waals surface area contributed by atoms with Crippen LogP contribution in [-0.2, 0) is 11.2 Å². The van der Waals surface area contributed by atoms with Crippen LogP contribution in [0.15, 0.2) is 24.3 Å². The molecule has 1 saturated heterocycles. The molecule has 130 valence electrons. The van der Waals surface area contributed by atoms with Gasteiger partial charge in [0, 0.05) is 31.4 Å². The number of nitrogens with one attached hydrogen (secondary N) is 2. The first-order valence-electron chi connectivity index (χ1n) is 8.08. The Morgan fingerprint density at radius 3 is 2.91 bits per heavy atom. The number of fused-ring (bicyclic) bond motifs is 1. The summed E-state index contributed by atoms with van der Waals surface area (Å²) >= 11 is 0. The largest absolute Gasteiger partial charge is 0.366 e. The van der Waals surface area contributed by atoms with Gasteiger partial charge in [-0.3, -0.25) is 4.79 Å². The molecule has 0 spiro atoms. The summed E-state index contributed by atoms with van der Waals surface area (Å²) < 4.78 is 0. The summed E-state index contributed by atoms with van der Waals surface area (Å²) in [7, 11) is 0. The number of piperidine rings is 1. The van der Waals surface area contributed by atoms with Crippen LogP contribution >= 0.6 is 24.8 Å². The number of nitrogens with zero attached hydrogens (tertiary/aromatic N) is 1. The van der Waals surface area contributed by atoms with E-state index in [4.69, 9.17) is 0 Å². The predicted octanol–water partition coefficient (Wildman–Crippen LogP) is 2.40. The molecule has 2 aliphatic heterocycles. The molecule has 2 heterocycles. The SMILES string of the molecule is CC(CNC(=O)C1CCCNC1)N1CCc2ccccc21.Cl.Cl. The molecule has 3 rings (SSSR count). The molecule has 2 atom stereocenters. The minimum atomic E-state index is 0. The first-order valence-corrected chi connectivity index (χ1v) is 8.08. The number of hydrogen-bond acceptors (Lipinski definition) is 3. The minimum absolute atomic E-state index is 0. The first-order chi connectivity index (χ1) is 10.3. The summed E-state index contributed by atoms with van der Waals surface area (Å²) in [5.41, 5.74) is 2.76. The van der Waals surface area contributed by atoms with E-state index in [2.05, 4.69) is 46.7 Å². The molecule has 0 aliphatic carbocycles. The number of halogens is 2. The third kappa shape index (κ3) is 4.75. The highest BCUT2D eigenvalue weighted by Gasteiger charge is 2.25. The number of para-hydroxylation sites is 1. The number of hydrogen-bond donors (Lipinski definition) is 2. The average Bonchev–Trinajstić information content (AvgIpc) is 2.97. The van der Waals surface area contributed by atoms with Gasteiger partial charge in [0.15, 0.2) is 0 Å². The number of carbonyl (C=O) groups is 1. The number of amides is 1. The lowest BCUT2D eigenvalue weighted by Crippen LogP contribution is -2.46. The van der Waals surface area contributed by atoms with Gasteiger partial charge in [-0.2, -0.15) is 0 Å². The van der Waals surface area contributed by atoms with E-state index in [1.54, 1.807) is 0 Å². The van der Waals surface area contributed by atoms with Crippen molar-refractivity contribution in [1.29, 1.82) is 0 Å². The number of benzene rings is 1. The Morgan fingerprint density at radius 2 is 2.17 bits per heavy atom. The average molecular weight is 360 g/mol. The minimum Gasteiger partial charge on any atom is -0.366 e. The summed E-state index contributed by atoms with van der Waals surface area (Å²) in [5, 5.41) is 6.44. The Hall–Kier alpha value is -0.970. The second-order valence-electron chi connectivity index (χ2n) is 6.21. The van der Waals surface area contributed by atoms with Crippen LogP contribution < -0.4 is 15.5 Å². The molecule has 6 heteroatoms. The van der Waals surface area contributed by atoms with Crippen molar-refractivity contribution in [2.24, 2.45) is 5.92 Å². The Morgan fingerprint density at radius 1 is 1.39 bits per heavy atom. The Bertz CT molecular complexity index is 506. The van der Waals surface area contributed by atoms with Crippen molar-refractivity contribution in [3.63, 3.8) is 0 Å². The van der Waals surface area contributed by atoms with E-state index in [1.807, 2.05) is 0 Å². The summed E-state index contributed by atoms with van der Waals surface area (Å²) in [5.74, 6) is 0.360. The zero-order chi connectivity index (χ0) is 14.7. The molecule has 1 amide bonds.